The lowest BCUT2D eigenvalue weighted by atomic mass is 9.76. The lowest BCUT2D eigenvalue weighted by Crippen LogP contribution is -2.33. The Kier molecular flexibility index (Phi) is 8.97. The average molecular weight is 753 g/mol. The molecule has 10 rings (SSSR count). The molecule has 0 spiro atoms. The van der Waals surface area contributed by atoms with Crippen LogP contribution in [-0.4, -0.2) is 12.1 Å². The predicted octanol–water partition coefficient (Wildman–Crippen LogP) is 14.5. The maximum absolute atomic E-state index is 2.57. The fourth-order valence-corrected chi connectivity index (χ4v) is 10.5. The third kappa shape index (κ3) is 6.18. The largest absolute Gasteiger partial charge is 0.334 e. The van der Waals surface area contributed by atoms with E-state index in [1.165, 1.54) is 79.3 Å². The molecule has 2 unspecified atom stereocenters. The zero-order valence-corrected chi connectivity index (χ0v) is 34.2. The van der Waals surface area contributed by atoms with Gasteiger partial charge in [-0.05, 0) is 124 Å². The van der Waals surface area contributed by atoms with Crippen molar-refractivity contribution in [1.82, 2.24) is 0 Å². The molecule has 0 radical (unpaired) electrons. The summed E-state index contributed by atoms with van der Waals surface area (Å²) in [5.74, 6) is 0. The van der Waals surface area contributed by atoms with Crippen molar-refractivity contribution >= 4 is 40.5 Å². The second-order valence-corrected chi connectivity index (χ2v) is 17.6. The van der Waals surface area contributed by atoms with Crippen molar-refractivity contribution in [2.45, 2.75) is 70.9 Å². The van der Waals surface area contributed by atoms with E-state index in [9.17, 15) is 0 Å². The highest BCUT2D eigenvalue weighted by atomic mass is 15.2. The molecule has 0 N–H and O–H groups in total. The van der Waals surface area contributed by atoms with E-state index in [1.807, 2.05) is 0 Å². The molecule has 0 heterocycles. The van der Waals surface area contributed by atoms with E-state index in [0.717, 1.165) is 19.3 Å². The molecule has 5 aliphatic rings. The molecule has 5 aromatic carbocycles. The molecular weight excluding hydrogens is 701 g/mol. The molecule has 0 aromatic heterocycles. The van der Waals surface area contributed by atoms with Crippen LogP contribution in [0.15, 0.2) is 198 Å². The highest BCUT2D eigenvalue weighted by Crippen LogP contribution is 2.55. The van der Waals surface area contributed by atoms with Gasteiger partial charge in [0.1, 0.15) is 0 Å². The molecule has 0 bridgehead atoms. The van der Waals surface area contributed by atoms with Crippen molar-refractivity contribution in [2.24, 2.45) is 5.41 Å². The highest BCUT2D eigenvalue weighted by Gasteiger charge is 2.42. The van der Waals surface area contributed by atoms with Gasteiger partial charge in [-0.1, -0.05) is 167 Å². The summed E-state index contributed by atoms with van der Waals surface area (Å²) in [6, 6.07) is 49.3. The van der Waals surface area contributed by atoms with Crippen LogP contribution in [-0.2, 0) is 5.41 Å². The van der Waals surface area contributed by atoms with Gasteiger partial charge in [-0.25, -0.2) is 0 Å². The van der Waals surface area contributed by atoms with Gasteiger partial charge in [0.15, 0.2) is 0 Å². The SMILES string of the molecule is CC1(C)C2=CC(N(c3ccccc3)c3ccc(/C=C/c4ccc5c(c4)C(C)(C)C4=C5C=CC(N(c5ccccc5)c5ccccc5)C4)cc3)CC=C2C2=C1CCC=C2. The Bertz CT molecular complexity index is 2550. The zero-order chi connectivity index (χ0) is 39.4. The lowest BCUT2D eigenvalue weighted by Gasteiger charge is -2.37. The van der Waals surface area contributed by atoms with Crippen LogP contribution < -0.4 is 9.80 Å². The standard InChI is InChI=1S/C56H52N2/c1-55(2)51-23-15-14-22-47(51)49-34-31-46(37-53(49)55)58(43-20-12-7-13-21-43)44-29-26-39(27-30-44)24-25-40-28-33-48-50-35-32-45(38-54(50)56(3,4)52(48)36-40)57(41-16-8-5-9-17-41)42-18-10-6-11-19-42/h5-14,16-22,24-30,32-37,45-46H,15,23,31,38H2,1-4H3/b25-24+. The molecule has 5 aliphatic carbocycles. The Hall–Kier alpha value is -6.12. The molecule has 2 heteroatoms. The second kappa shape index (κ2) is 14.4. The van der Waals surface area contributed by atoms with Gasteiger partial charge in [0.25, 0.3) is 0 Å². The maximum atomic E-state index is 2.57. The quantitative estimate of drug-likeness (QED) is 0.146. The van der Waals surface area contributed by atoms with Crippen LogP contribution in [0.5, 0.6) is 0 Å². The Morgan fingerprint density at radius 3 is 1.81 bits per heavy atom. The van der Waals surface area contributed by atoms with Crippen LogP contribution in [0.2, 0.25) is 0 Å². The minimum Gasteiger partial charge on any atom is -0.334 e. The van der Waals surface area contributed by atoms with Crippen molar-refractivity contribution < 1.29 is 0 Å². The van der Waals surface area contributed by atoms with Gasteiger partial charge in [-0.15, -0.1) is 0 Å². The number of hydrogen-bond donors (Lipinski definition) is 0. The number of benzene rings is 5. The molecule has 2 atom stereocenters. The van der Waals surface area contributed by atoms with Crippen molar-refractivity contribution in [3.8, 4) is 0 Å². The fraction of sp³-hybridized carbons (Fsp3) is 0.214. The summed E-state index contributed by atoms with van der Waals surface area (Å²) >= 11 is 0. The number of rotatable bonds is 8. The summed E-state index contributed by atoms with van der Waals surface area (Å²) in [5, 5.41) is 0. The van der Waals surface area contributed by atoms with Gasteiger partial charge in [0, 0.05) is 33.6 Å². The number of para-hydroxylation sites is 3. The summed E-state index contributed by atoms with van der Waals surface area (Å²) in [4.78, 5) is 5.03. The Labute approximate surface area is 345 Å². The first-order chi connectivity index (χ1) is 28.3. The van der Waals surface area contributed by atoms with Crippen LogP contribution in [0, 0.1) is 5.41 Å². The third-order valence-electron chi connectivity index (χ3n) is 13.5. The Morgan fingerprint density at radius 1 is 0.569 bits per heavy atom. The molecule has 0 aliphatic heterocycles. The third-order valence-corrected chi connectivity index (χ3v) is 13.5. The summed E-state index contributed by atoms with van der Waals surface area (Å²) in [5.41, 5.74) is 19.1. The maximum Gasteiger partial charge on any atom is 0.0563 e. The average Bonchev–Trinajstić information content (AvgIpc) is 3.63. The van der Waals surface area contributed by atoms with Crippen molar-refractivity contribution in [3.63, 3.8) is 0 Å². The highest BCUT2D eigenvalue weighted by molar-refractivity contribution is 5.89. The zero-order valence-electron chi connectivity index (χ0n) is 34.2. The van der Waals surface area contributed by atoms with Gasteiger partial charge in [-0.2, -0.15) is 0 Å². The van der Waals surface area contributed by atoms with Crippen molar-refractivity contribution in [2.75, 3.05) is 9.80 Å². The Morgan fingerprint density at radius 2 is 1.16 bits per heavy atom. The minimum absolute atomic E-state index is 0.0643. The number of nitrogens with zero attached hydrogens (tertiary/aromatic N) is 2. The first kappa shape index (κ1) is 36.2. The van der Waals surface area contributed by atoms with E-state index >= 15 is 0 Å². The monoisotopic (exact) mass is 752 g/mol. The lowest BCUT2D eigenvalue weighted by molar-refractivity contribution is 0.531. The normalized spacial score (nSPS) is 21.0. The molecule has 0 fully saturated rings. The summed E-state index contributed by atoms with van der Waals surface area (Å²) in [7, 11) is 0. The van der Waals surface area contributed by atoms with Crippen molar-refractivity contribution in [3.05, 3.63) is 220 Å². The van der Waals surface area contributed by atoms with Gasteiger partial charge in [0.05, 0.1) is 12.1 Å². The van der Waals surface area contributed by atoms with Crippen LogP contribution >= 0.6 is 0 Å². The Balaban J connectivity index is 0.889. The van der Waals surface area contributed by atoms with E-state index in [2.05, 4.69) is 220 Å². The molecular formula is C56H52N2. The minimum atomic E-state index is -0.0662. The first-order valence-electron chi connectivity index (χ1n) is 21.2. The number of fused-ring (bicyclic) bond motifs is 4. The summed E-state index contributed by atoms with van der Waals surface area (Å²) < 4.78 is 0. The van der Waals surface area contributed by atoms with Crippen LogP contribution in [0.1, 0.15) is 75.6 Å². The number of hydrogen-bond acceptors (Lipinski definition) is 2. The number of allylic oxidation sites excluding steroid dienone is 8. The second-order valence-electron chi connectivity index (χ2n) is 17.6. The topological polar surface area (TPSA) is 6.48 Å². The smallest absolute Gasteiger partial charge is 0.0563 e. The molecule has 58 heavy (non-hydrogen) atoms. The first-order valence-corrected chi connectivity index (χ1v) is 21.2. The fourth-order valence-electron chi connectivity index (χ4n) is 10.5. The van der Waals surface area contributed by atoms with Gasteiger partial charge < -0.3 is 9.80 Å². The van der Waals surface area contributed by atoms with E-state index in [-0.39, 0.29) is 22.9 Å². The molecule has 0 saturated heterocycles. The molecule has 5 aromatic rings. The molecule has 286 valence electrons. The van der Waals surface area contributed by atoms with Crippen LogP contribution in [0.4, 0.5) is 22.7 Å². The van der Waals surface area contributed by atoms with E-state index in [1.54, 1.807) is 5.57 Å². The molecule has 0 amide bonds. The molecule has 0 saturated carbocycles. The van der Waals surface area contributed by atoms with Gasteiger partial charge in [-0.3, -0.25) is 0 Å². The van der Waals surface area contributed by atoms with E-state index in [0.29, 0.717) is 0 Å². The van der Waals surface area contributed by atoms with Crippen LogP contribution in [0.3, 0.4) is 0 Å². The predicted molar refractivity (Wildman–Crippen MR) is 247 cm³/mol. The van der Waals surface area contributed by atoms with E-state index < -0.39 is 0 Å². The summed E-state index contributed by atoms with van der Waals surface area (Å²) in [6.07, 6.45) is 23.4. The number of anilines is 4. The molecule has 2 nitrogen and oxygen atoms in total. The van der Waals surface area contributed by atoms with Crippen LogP contribution in [0.25, 0.3) is 17.7 Å². The van der Waals surface area contributed by atoms with Gasteiger partial charge in [0.2, 0.25) is 0 Å². The summed E-state index contributed by atoms with van der Waals surface area (Å²) in [6.45, 7) is 9.68. The van der Waals surface area contributed by atoms with Gasteiger partial charge >= 0.3 is 0 Å². The van der Waals surface area contributed by atoms with Crippen molar-refractivity contribution in [1.29, 1.82) is 0 Å². The van der Waals surface area contributed by atoms with E-state index in [4.69, 9.17) is 0 Å².